The first-order valence-corrected chi connectivity index (χ1v) is 7.40. The van der Waals surface area contributed by atoms with Gasteiger partial charge in [-0.3, -0.25) is 4.79 Å². The molecule has 0 fully saturated rings. The standard InChI is InChI=1S/C17H24N4O/c1-13-9-19-21(10-13)15-7-5-14(6-8-15)16(22)20(4)12-17(2,3)11-18/h5-10H,11-12,18H2,1-4H3. The molecule has 2 N–H and O–H groups in total. The summed E-state index contributed by atoms with van der Waals surface area (Å²) in [6, 6.07) is 7.48. The number of carbonyl (C=O) groups excluding carboxylic acids is 1. The first kappa shape index (κ1) is 16.2. The molecule has 0 aliphatic carbocycles. The zero-order valence-corrected chi connectivity index (χ0v) is 13.7. The highest BCUT2D eigenvalue weighted by molar-refractivity contribution is 5.94. The number of nitrogens with zero attached hydrogens (tertiary/aromatic N) is 3. The van der Waals surface area contributed by atoms with Gasteiger partial charge < -0.3 is 10.6 Å². The van der Waals surface area contributed by atoms with E-state index in [0.717, 1.165) is 11.3 Å². The van der Waals surface area contributed by atoms with E-state index in [1.807, 2.05) is 50.6 Å². The molecular formula is C17H24N4O. The maximum absolute atomic E-state index is 12.5. The van der Waals surface area contributed by atoms with Crippen molar-refractivity contribution in [3.8, 4) is 5.69 Å². The first-order chi connectivity index (χ1) is 10.3. The monoisotopic (exact) mass is 300 g/mol. The van der Waals surface area contributed by atoms with Gasteiger partial charge in [0.15, 0.2) is 0 Å². The molecule has 0 spiro atoms. The van der Waals surface area contributed by atoms with Gasteiger partial charge >= 0.3 is 0 Å². The quantitative estimate of drug-likeness (QED) is 0.921. The molecule has 5 heteroatoms. The Bertz CT molecular complexity index is 643. The van der Waals surface area contributed by atoms with Crippen LogP contribution in [-0.4, -0.2) is 40.7 Å². The van der Waals surface area contributed by atoms with Crippen LogP contribution in [0.25, 0.3) is 5.69 Å². The molecule has 2 aromatic rings. The van der Waals surface area contributed by atoms with Crippen LogP contribution in [-0.2, 0) is 0 Å². The number of aryl methyl sites for hydroxylation is 1. The predicted molar refractivity (Wildman–Crippen MR) is 88.1 cm³/mol. The fraction of sp³-hybridized carbons (Fsp3) is 0.412. The normalized spacial score (nSPS) is 11.5. The van der Waals surface area contributed by atoms with Gasteiger partial charge in [0.1, 0.15) is 0 Å². The molecule has 0 saturated heterocycles. The van der Waals surface area contributed by atoms with Gasteiger partial charge in [-0.25, -0.2) is 4.68 Å². The molecule has 1 heterocycles. The first-order valence-electron chi connectivity index (χ1n) is 7.40. The highest BCUT2D eigenvalue weighted by Crippen LogP contribution is 2.16. The molecule has 1 aromatic carbocycles. The second-order valence-electron chi connectivity index (χ2n) is 6.54. The number of aromatic nitrogens is 2. The lowest BCUT2D eigenvalue weighted by atomic mass is 9.93. The van der Waals surface area contributed by atoms with E-state index >= 15 is 0 Å². The van der Waals surface area contributed by atoms with Gasteiger partial charge in [-0.1, -0.05) is 13.8 Å². The molecule has 22 heavy (non-hydrogen) atoms. The lowest BCUT2D eigenvalue weighted by Crippen LogP contribution is -2.39. The van der Waals surface area contributed by atoms with Crippen molar-refractivity contribution in [3.63, 3.8) is 0 Å². The summed E-state index contributed by atoms with van der Waals surface area (Å²) < 4.78 is 1.80. The zero-order chi connectivity index (χ0) is 16.3. The molecule has 0 saturated carbocycles. The topological polar surface area (TPSA) is 64.2 Å². The van der Waals surface area contributed by atoms with E-state index in [-0.39, 0.29) is 11.3 Å². The number of hydrogen-bond donors (Lipinski definition) is 1. The Morgan fingerprint density at radius 3 is 2.45 bits per heavy atom. The highest BCUT2D eigenvalue weighted by atomic mass is 16.2. The van der Waals surface area contributed by atoms with Crippen LogP contribution in [0.5, 0.6) is 0 Å². The van der Waals surface area contributed by atoms with Gasteiger partial charge in [-0.15, -0.1) is 0 Å². The van der Waals surface area contributed by atoms with E-state index < -0.39 is 0 Å². The Labute approximate surface area is 131 Å². The van der Waals surface area contributed by atoms with Crippen LogP contribution < -0.4 is 5.73 Å². The lowest BCUT2D eigenvalue weighted by Gasteiger charge is -2.29. The number of carbonyl (C=O) groups is 1. The fourth-order valence-corrected chi connectivity index (χ4v) is 2.31. The summed E-state index contributed by atoms with van der Waals surface area (Å²) >= 11 is 0. The number of rotatable bonds is 5. The molecule has 0 unspecified atom stereocenters. The molecule has 5 nitrogen and oxygen atoms in total. The van der Waals surface area contributed by atoms with Crippen LogP contribution in [0.1, 0.15) is 29.8 Å². The third-order valence-corrected chi connectivity index (χ3v) is 3.65. The molecule has 1 amide bonds. The summed E-state index contributed by atoms with van der Waals surface area (Å²) in [5.41, 5.74) is 8.36. The van der Waals surface area contributed by atoms with Crippen LogP contribution in [0.3, 0.4) is 0 Å². The molecule has 2 rings (SSSR count). The molecule has 0 radical (unpaired) electrons. The fourth-order valence-electron chi connectivity index (χ4n) is 2.31. The maximum Gasteiger partial charge on any atom is 0.253 e. The van der Waals surface area contributed by atoms with Crippen molar-refractivity contribution < 1.29 is 4.79 Å². The van der Waals surface area contributed by atoms with E-state index in [9.17, 15) is 4.79 Å². The van der Waals surface area contributed by atoms with E-state index in [1.165, 1.54) is 0 Å². The van der Waals surface area contributed by atoms with Gasteiger partial charge in [0, 0.05) is 25.4 Å². The summed E-state index contributed by atoms with van der Waals surface area (Å²) in [6.07, 6.45) is 3.76. The molecular weight excluding hydrogens is 276 g/mol. The van der Waals surface area contributed by atoms with Crippen molar-refractivity contribution in [2.24, 2.45) is 11.1 Å². The smallest absolute Gasteiger partial charge is 0.253 e. The van der Waals surface area contributed by atoms with Crippen molar-refractivity contribution in [2.45, 2.75) is 20.8 Å². The highest BCUT2D eigenvalue weighted by Gasteiger charge is 2.21. The number of amides is 1. The summed E-state index contributed by atoms with van der Waals surface area (Å²) in [7, 11) is 1.81. The Kier molecular flexibility index (Phi) is 4.66. The van der Waals surface area contributed by atoms with Crippen molar-refractivity contribution in [1.29, 1.82) is 0 Å². The van der Waals surface area contributed by atoms with E-state index in [2.05, 4.69) is 18.9 Å². The van der Waals surface area contributed by atoms with E-state index in [1.54, 1.807) is 9.58 Å². The Hall–Kier alpha value is -2.14. The molecule has 0 bridgehead atoms. The van der Waals surface area contributed by atoms with Crippen molar-refractivity contribution in [3.05, 3.63) is 47.8 Å². The molecule has 0 aliphatic rings. The predicted octanol–water partition coefficient (Wildman–Crippen LogP) is 2.24. The largest absolute Gasteiger partial charge is 0.341 e. The van der Waals surface area contributed by atoms with Gasteiger partial charge in [0.25, 0.3) is 5.91 Å². The second-order valence-corrected chi connectivity index (χ2v) is 6.54. The van der Waals surface area contributed by atoms with Crippen LogP contribution in [0.15, 0.2) is 36.7 Å². The number of hydrogen-bond acceptors (Lipinski definition) is 3. The van der Waals surface area contributed by atoms with Crippen molar-refractivity contribution in [1.82, 2.24) is 14.7 Å². The van der Waals surface area contributed by atoms with Gasteiger partial charge in [0.05, 0.1) is 11.9 Å². The number of benzene rings is 1. The van der Waals surface area contributed by atoms with Gasteiger partial charge in [-0.05, 0) is 48.7 Å². The van der Waals surface area contributed by atoms with Crippen LogP contribution >= 0.6 is 0 Å². The van der Waals surface area contributed by atoms with Crippen molar-refractivity contribution >= 4 is 5.91 Å². The van der Waals surface area contributed by atoms with Crippen LogP contribution in [0.2, 0.25) is 0 Å². The van der Waals surface area contributed by atoms with Gasteiger partial charge in [-0.2, -0.15) is 5.10 Å². The summed E-state index contributed by atoms with van der Waals surface area (Å²) in [6.45, 7) is 7.28. The van der Waals surface area contributed by atoms with Gasteiger partial charge in [0.2, 0.25) is 0 Å². The Balaban J connectivity index is 2.11. The SMILES string of the molecule is Cc1cnn(-c2ccc(C(=O)N(C)CC(C)(C)CN)cc2)c1. The second kappa shape index (κ2) is 6.32. The minimum Gasteiger partial charge on any atom is -0.341 e. The average Bonchev–Trinajstić information content (AvgIpc) is 2.93. The summed E-state index contributed by atoms with van der Waals surface area (Å²) in [5.74, 6) is 0.00437. The maximum atomic E-state index is 12.5. The summed E-state index contributed by atoms with van der Waals surface area (Å²) in [4.78, 5) is 14.2. The molecule has 0 atom stereocenters. The molecule has 0 aliphatic heterocycles. The Morgan fingerprint density at radius 2 is 1.95 bits per heavy atom. The molecule has 1 aromatic heterocycles. The van der Waals surface area contributed by atoms with E-state index in [0.29, 0.717) is 18.7 Å². The Morgan fingerprint density at radius 1 is 1.32 bits per heavy atom. The van der Waals surface area contributed by atoms with Crippen LogP contribution in [0, 0.1) is 12.3 Å². The third kappa shape index (κ3) is 3.74. The number of nitrogens with two attached hydrogens (primary N) is 1. The zero-order valence-electron chi connectivity index (χ0n) is 13.7. The third-order valence-electron chi connectivity index (χ3n) is 3.65. The molecule has 118 valence electrons. The lowest BCUT2D eigenvalue weighted by molar-refractivity contribution is 0.0740. The average molecular weight is 300 g/mol. The summed E-state index contributed by atoms with van der Waals surface area (Å²) in [5, 5.41) is 4.26. The minimum absolute atomic E-state index is 0.00437. The minimum atomic E-state index is -0.0864. The van der Waals surface area contributed by atoms with E-state index in [4.69, 9.17) is 5.73 Å². The van der Waals surface area contributed by atoms with Crippen molar-refractivity contribution in [2.75, 3.05) is 20.1 Å². The van der Waals surface area contributed by atoms with Crippen LogP contribution in [0.4, 0.5) is 0 Å².